The lowest BCUT2D eigenvalue weighted by atomic mass is 9.89. The van der Waals surface area contributed by atoms with Crippen LogP contribution in [0.5, 0.6) is 0 Å². The third kappa shape index (κ3) is 1.67. The average molecular weight is 209 g/mol. The fraction of sp³-hybridized carbons (Fsp3) is 0.700. The Morgan fingerprint density at radius 1 is 1.47 bits per heavy atom. The lowest BCUT2D eigenvalue weighted by Crippen LogP contribution is -2.55. The molecule has 0 aromatic rings. The number of nitrogens with one attached hydrogen (secondary N) is 1. The second-order valence-corrected chi connectivity index (χ2v) is 4.74. The summed E-state index contributed by atoms with van der Waals surface area (Å²) in [6.07, 6.45) is 2.10. The molecular weight excluding hydrogens is 194 g/mol. The van der Waals surface area contributed by atoms with E-state index < -0.39 is 11.3 Å². The van der Waals surface area contributed by atoms with Gasteiger partial charge in [0.15, 0.2) is 0 Å². The van der Waals surface area contributed by atoms with Crippen molar-refractivity contribution >= 4 is 17.6 Å². The molecular formula is C10H15N3O2. The Morgan fingerprint density at radius 3 is 2.53 bits per heavy atom. The number of amides is 2. The first-order valence-corrected chi connectivity index (χ1v) is 5.13. The first-order chi connectivity index (χ1) is 6.93. The predicted molar refractivity (Wildman–Crippen MR) is 55.1 cm³/mol. The smallest absolute Gasteiger partial charge is 0.262 e. The van der Waals surface area contributed by atoms with Gasteiger partial charge in [-0.2, -0.15) is 4.99 Å². The molecule has 0 saturated heterocycles. The van der Waals surface area contributed by atoms with E-state index >= 15 is 0 Å². The van der Waals surface area contributed by atoms with Gasteiger partial charge < -0.3 is 11.1 Å². The summed E-state index contributed by atoms with van der Waals surface area (Å²) in [5.74, 6) is -0.00385. The van der Waals surface area contributed by atoms with E-state index in [-0.39, 0.29) is 11.9 Å². The van der Waals surface area contributed by atoms with Gasteiger partial charge in [0.05, 0.1) is 6.04 Å². The SMILES string of the molecule is CC1(C)C(=O)N=C(C(N)C2CC2)NC1=O. The molecule has 3 N–H and O–H groups in total. The van der Waals surface area contributed by atoms with Crippen molar-refractivity contribution in [1.29, 1.82) is 0 Å². The number of nitrogens with two attached hydrogens (primary N) is 1. The van der Waals surface area contributed by atoms with E-state index in [1.807, 2.05) is 0 Å². The van der Waals surface area contributed by atoms with Gasteiger partial charge in [-0.1, -0.05) is 0 Å². The molecule has 1 aliphatic carbocycles. The summed E-state index contributed by atoms with van der Waals surface area (Å²) < 4.78 is 0. The molecule has 1 atom stereocenters. The Bertz CT molecular complexity index is 356. The van der Waals surface area contributed by atoms with Gasteiger partial charge in [0, 0.05) is 0 Å². The van der Waals surface area contributed by atoms with Crippen molar-refractivity contribution in [3.05, 3.63) is 0 Å². The van der Waals surface area contributed by atoms with E-state index in [1.54, 1.807) is 13.8 Å². The van der Waals surface area contributed by atoms with Crippen LogP contribution in [0, 0.1) is 11.3 Å². The molecule has 15 heavy (non-hydrogen) atoms. The summed E-state index contributed by atoms with van der Waals surface area (Å²) in [7, 11) is 0. The zero-order valence-corrected chi connectivity index (χ0v) is 8.91. The minimum Gasteiger partial charge on any atom is -0.321 e. The molecule has 2 rings (SSSR count). The number of amidine groups is 1. The molecule has 5 heteroatoms. The molecule has 0 aromatic carbocycles. The molecule has 1 unspecified atom stereocenters. The van der Waals surface area contributed by atoms with Crippen LogP contribution in [-0.2, 0) is 9.59 Å². The summed E-state index contributed by atoms with van der Waals surface area (Å²) in [6.45, 7) is 3.13. The number of hydrogen-bond acceptors (Lipinski definition) is 3. The zero-order chi connectivity index (χ0) is 11.2. The maximum absolute atomic E-state index is 11.6. The van der Waals surface area contributed by atoms with Crippen LogP contribution in [0.4, 0.5) is 0 Å². The number of carbonyl (C=O) groups excluding carboxylic acids is 2. The van der Waals surface area contributed by atoms with Gasteiger partial charge in [-0.3, -0.25) is 9.59 Å². The van der Waals surface area contributed by atoms with Crippen LogP contribution < -0.4 is 11.1 Å². The molecule has 2 aliphatic rings. The van der Waals surface area contributed by atoms with Crippen LogP contribution in [0.3, 0.4) is 0 Å². The fourth-order valence-electron chi connectivity index (χ4n) is 1.48. The summed E-state index contributed by atoms with van der Waals surface area (Å²) in [4.78, 5) is 27.1. The van der Waals surface area contributed by atoms with Gasteiger partial charge in [0.25, 0.3) is 5.91 Å². The van der Waals surface area contributed by atoms with Crippen molar-refractivity contribution in [2.45, 2.75) is 32.7 Å². The van der Waals surface area contributed by atoms with Crippen LogP contribution in [0.25, 0.3) is 0 Å². The second kappa shape index (κ2) is 3.13. The van der Waals surface area contributed by atoms with E-state index in [2.05, 4.69) is 10.3 Å². The number of nitrogens with zero attached hydrogens (tertiary/aromatic N) is 1. The third-order valence-corrected chi connectivity index (χ3v) is 3.01. The van der Waals surface area contributed by atoms with E-state index in [1.165, 1.54) is 0 Å². The highest BCUT2D eigenvalue weighted by atomic mass is 16.2. The van der Waals surface area contributed by atoms with Gasteiger partial charge in [0.2, 0.25) is 5.91 Å². The van der Waals surface area contributed by atoms with E-state index in [4.69, 9.17) is 5.73 Å². The Balaban J connectivity index is 2.22. The van der Waals surface area contributed by atoms with Crippen molar-refractivity contribution in [3.8, 4) is 0 Å². The van der Waals surface area contributed by atoms with Crippen molar-refractivity contribution < 1.29 is 9.59 Å². The normalized spacial score (nSPS) is 27.0. The second-order valence-electron chi connectivity index (χ2n) is 4.74. The summed E-state index contributed by atoms with van der Waals surface area (Å²) >= 11 is 0. The van der Waals surface area contributed by atoms with E-state index in [9.17, 15) is 9.59 Å². The number of rotatable bonds is 2. The summed E-state index contributed by atoms with van der Waals surface area (Å²) in [5.41, 5.74) is 4.81. The van der Waals surface area contributed by atoms with Crippen molar-refractivity contribution in [1.82, 2.24) is 5.32 Å². The van der Waals surface area contributed by atoms with Gasteiger partial charge in [-0.05, 0) is 32.6 Å². The van der Waals surface area contributed by atoms with Crippen LogP contribution in [-0.4, -0.2) is 23.7 Å². The molecule has 0 spiro atoms. The highest BCUT2D eigenvalue weighted by molar-refractivity contribution is 6.19. The highest BCUT2D eigenvalue weighted by Crippen LogP contribution is 2.33. The number of carbonyl (C=O) groups is 2. The van der Waals surface area contributed by atoms with Gasteiger partial charge >= 0.3 is 0 Å². The standard InChI is InChI=1S/C10H15N3O2/c1-10(2)8(14)12-7(13-9(10)15)6(11)5-3-4-5/h5-6H,3-4,11H2,1-2H3,(H,12,13,14,15). The first-order valence-electron chi connectivity index (χ1n) is 5.13. The Kier molecular flexibility index (Phi) is 2.15. The quantitative estimate of drug-likeness (QED) is 0.618. The van der Waals surface area contributed by atoms with Crippen molar-refractivity contribution in [2.24, 2.45) is 22.1 Å². The highest BCUT2D eigenvalue weighted by Gasteiger charge is 2.43. The fourth-order valence-corrected chi connectivity index (χ4v) is 1.48. The number of hydrogen-bond donors (Lipinski definition) is 2. The maximum Gasteiger partial charge on any atom is 0.262 e. The first kappa shape index (κ1) is 10.3. The summed E-state index contributed by atoms with van der Waals surface area (Å²) in [6, 6.07) is -0.297. The Labute approximate surface area is 88.1 Å². The molecule has 2 amide bonds. The third-order valence-electron chi connectivity index (χ3n) is 3.01. The molecule has 1 saturated carbocycles. The predicted octanol–water partition coefficient (Wildman–Crippen LogP) is -0.195. The van der Waals surface area contributed by atoms with Crippen LogP contribution >= 0.6 is 0 Å². The average Bonchev–Trinajstić information content (AvgIpc) is 2.96. The van der Waals surface area contributed by atoms with Crippen molar-refractivity contribution in [2.75, 3.05) is 0 Å². The molecule has 82 valence electrons. The van der Waals surface area contributed by atoms with Crippen molar-refractivity contribution in [3.63, 3.8) is 0 Å². The lowest BCUT2D eigenvalue weighted by Gasteiger charge is -2.27. The van der Waals surface area contributed by atoms with Crippen LogP contribution in [0.1, 0.15) is 26.7 Å². The van der Waals surface area contributed by atoms with E-state index in [0.717, 1.165) is 12.8 Å². The number of aliphatic imine (C=N–C) groups is 1. The van der Waals surface area contributed by atoms with Gasteiger partial charge in [-0.15, -0.1) is 0 Å². The largest absolute Gasteiger partial charge is 0.321 e. The summed E-state index contributed by atoms with van der Waals surface area (Å²) in [5, 5.41) is 2.62. The molecule has 0 radical (unpaired) electrons. The molecule has 0 bridgehead atoms. The minimum absolute atomic E-state index is 0.297. The van der Waals surface area contributed by atoms with Crippen LogP contribution in [0.15, 0.2) is 4.99 Å². The maximum atomic E-state index is 11.6. The molecule has 1 fully saturated rings. The van der Waals surface area contributed by atoms with Gasteiger partial charge in [0.1, 0.15) is 11.3 Å². The monoisotopic (exact) mass is 209 g/mol. The van der Waals surface area contributed by atoms with E-state index in [0.29, 0.717) is 11.8 Å². The lowest BCUT2D eigenvalue weighted by molar-refractivity contribution is -0.139. The minimum atomic E-state index is -1.06. The van der Waals surface area contributed by atoms with Crippen LogP contribution in [0.2, 0.25) is 0 Å². The zero-order valence-electron chi connectivity index (χ0n) is 8.91. The molecule has 1 heterocycles. The Hall–Kier alpha value is -1.23. The Morgan fingerprint density at radius 2 is 2.07 bits per heavy atom. The van der Waals surface area contributed by atoms with Gasteiger partial charge in [-0.25, -0.2) is 0 Å². The molecule has 1 aliphatic heterocycles. The molecule has 5 nitrogen and oxygen atoms in total. The topological polar surface area (TPSA) is 84.6 Å². The molecule has 0 aromatic heterocycles.